The van der Waals surface area contributed by atoms with Crippen molar-refractivity contribution >= 4 is 23.1 Å². The van der Waals surface area contributed by atoms with Crippen LogP contribution in [0.15, 0.2) is 24.3 Å². The second kappa shape index (κ2) is 5.31. The molecule has 1 aromatic rings. The molecule has 0 aliphatic carbocycles. The zero-order chi connectivity index (χ0) is 10.5. The average Bonchev–Trinajstić information content (AvgIpc) is 2.30. The number of hydrogen-bond acceptors (Lipinski definition) is 3. The van der Waals surface area contributed by atoms with Crippen molar-refractivity contribution in [3.05, 3.63) is 24.3 Å². The van der Waals surface area contributed by atoms with Gasteiger partial charge in [0, 0.05) is 25.4 Å². The molecule has 1 aliphatic heterocycles. The van der Waals surface area contributed by atoms with E-state index in [1.807, 2.05) is 11.8 Å². The van der Waals surface area contributed by atoms with E-state index in [1.165, 1.54) is 22.9 Å². The third-order valence-corrected chi connectivity index (χ3v) is 3.53. The second-order valence-electron chi connectivity index (χ2n) is 3.63. The number of thioether (sulfide) groups is 1. The summed E-state index contributed by atoms with van der Waals surface area (Å²) in [6.07, 6.45) is 0. The van der Waals surface area contributed by atoms with Gasteiger partial charge in [-0.1, -0.05) is 19.1 Å². The SMILES string of the molecule is CCSCCN1CCNc2ccccc21. The van der Waals surface area contributed by atoms with Gasteiger partial charge in [-0.25, -0.2) is 0 Å². The van der Waals surface area contributed by atoms with Crippen LogP contribution in [0.25, 0.3) is 0 Å². The molecule has 0 radical (unpaired) electrons. The first-order valence-corrected chi connectivity index (χ1v) is 6.73. The fraction of sp³-hybridized carbons (Fsp3) is 0.500. The zero-order valence-electron chi connectivity index (χ0n) is 9.20. The van der Waals surface area contributed by atoms with Crippen LogP contribution >= 0.6 is 11.8 Å². The number of para-hydroxylation sites is 2. The van der Waals surface area contributed by atoms with Gasteiger partial charge in [-0.3, -0.25) is 0 Å². The summed E-state index contributed by atoms with van der Waals surface area (Å²) in [7, 11) is 0. The van der Waals surface area contributed by atoms with Gasteiger partial charge in [-0.15, -0.1) is 0 Å². The van der Waals surface area contributed by atoms with Gasteiger partial charge in [0.1, 0.15) is 0 Å². The first-order valence-electron chi connectivity index (χ1n) is 5.57. The molecule has 0 spiro atoms. The van der Waals surface area contributed by atoms with E-state index >= 15 is 0 Å². The highest BCUT2D eigenvalue weighted by Crippen LogP contribution is 2.28. The van der Waals surface area contributed by atoms with Gasteiger partial charge < -0.3 is 10.2 Å². The number of rotatable bonds is 4. The normalized spacial score (nSPS) is 14.6. The second-order valence-corrected chi connectivity index (χ2v) is 5.02. The Morgan fingerprint density at radius 3 is 3.13 bits per heavy atom. The van der Waals surface area contributed by atoms with Crippen LogP contribution in [0, 0.1) is 0 Å². The number of anilines is 2. The Hall–Kier alpha value is -0.830. The summed E-state index contributed by atoms with van der Waals surface area (Å²) in [6, 6.07) is 8.58. The Labute approximate surface area is 96.0 Å². The molecular weight excluding hydrogens is 204 g/mol. The maximum Gasteiger partial charge on any atom is 0.0602 e. The van der Waals surface area contributed by atoms with Crippen molar-refractivity contribution in [2.45, 2.75) is 6.92 Å². The summed E-state index contributed by atoms with van der Waals surface area (Å²) < 4.78 is 0. The fourth-order valence-electron chi connectivity index (χ4n) is 1.90. The summed E-state index contributed by atoms with van der Waals surface area (Å²) in [5.41, 5.74) is 2.64. The molecule has 15 heavy (non-hydrogen) atoms. The topological polar surface area (TPSA) is 15.3 Å². The van der Waals surface area contributed by atoms with Crippen molar-refractivity contribution in [3.8, 4) is 0 Å². The Balaban J connectivity index is 2.02. The fourth-order valence-corrected chi connectivity index (χ4v) is 2.53. The first kappa shape index (κ1) is 10.7. The number of benzene rings is 1. The average molecular weight is 222 g/mol. The minimum atomic E-state index is 1.06. The van der Waals surface area contributed by atoms with Crippen molar-refractivity contribution < 1.29 is 0 Å². The van der Waals surface area contributed by atoms with Crippen LogP contribution in [0.5, 0.6) is 0 Å². The molecule has 82 valence electrons. The van der Waals surface area contributed by atoms with Crippen LogP contribution in [0.1, 0.15) is 6.92 Å². The predicted molar refractivity (Wildman–Crippen MR) is 70.1 cm³/mol. The Bertz CT molecular complexity index is 314. The highest BCUT2D eigenvalue weighted by atomic mass is 32.2. The maximum atomic E-state index is 3.43. The van der Waals surface area contributed by atoms with Gasteiger partial charge in [0.05, 0.1) is 11.4 Å². The molecule has 1 aliphatic rings. The van der Waals surface area contributed by atoms with Crippen LogP contribution in [0.4, 0.5) is 11.4 Å². The summed E-state index contributed by atoms with van der Waals surface area (Å²) in [5.74, 6) is 2.44. The van der Waals surface area contributed by atoms with E-state index < -0.39 is 0 Å². The third kappa shape index (κ3) is 2.59. The highest BCUT2D eigenvalue weighted by molar-refractivity contribution is 7.99. The monoisotopic (exact) mass is 222 g/mol. The minimum absolute atomic E-state index is 1.06. The zero-order valence-corrected chi connectivity index (χ0v) is 10.0. The van der Waals surface area contributed by atoms with E-state index in [0.717, 1.165) is 19.6 Å². The molecule has 0 unspecified atom stereocenters. The van der Waals surface area contributed by atoms with Crippen LogP contribution in [-0.4, -0.2) is 31.1 Å². The van der Waals surface area contributed by atoms with Gasteiger partial charge in [0.2, 0.25) is 0 Å². The summed E-state index contributed by atoms with van der Waals surface area (Å²) in [6.45, 7) is 5.57. The Morgan fingerprint density at radius 1 is 1.40 bits per heavy atom. The van der Waals surface area contributed by atoms with Crippen molar-refractivity contribution in [1.29, 1.82) is 0 Å². The van der Waals surface area contributed by atoms with Crippen LogP contribution < -0.4 is 10.2 Å². The van der Waals surface area contributed by atoms with Crippen molar-refractivity contribution in [3.63, 3.8) is 0 Å². The van der Waals surface area contributed by atoms with Crippen molar-refractivity contribution in [1.82, 2.24) is 0 Å². The van der Waals surface area contributed by atoms with Crippen LogP contribution in [0.3, 0.4) is 0 Å². The van der Waals surface area contributed by atoms with E-state index in [2.05, 4.69) is 41.4 Å². The molecule has 0 saturated heterocycles. The maximum absolute atomic E-state index is 3.43. The lowest BCUT2D eigenvalue weighted by Crippen LogP contribution is -2.35. The Kier molecular flexibility index (Phi) is 3.78. The third-order valence-electron chi connectivity index (χ3n) is 2.65. The van der Waals surface area contributed by atoms with E-state index in [4.69, 9.17) is 0 Å². The molecule has 3 heteroatoms. The van der Waals surface area contributed by atoms with E-state index in [0.29, 0.717) is 0 Å². The lowest BCUT2D eigenvalue weighted by molar-refractivity contribution is 0.819. The molecule has 2 nitrogen and oxygen atoms in total. The summed E-state index contributed by atoms with van der Waals surface area (Å²) >= 11 is 2.01. The molecule has 0 fully saturated rings. The molecule has 1 N–H and O–H groups in total. The van der Waals surface area contributed by atoms with Gasteiger partial charge in [-0.05, 0) is 17.9 Å². The molecule has 0 atom stereocenters. The van der Waals surface area contributed by atoms with Gasteiger partial charge in [0.15, 0.2) is 0 Å². The number of fused-ring (bicyclic) bond motifs is 1. The van der Waals surface area contributed by atoms with Crippen molar-refractivity contribution in [2.24, 2.45) is 0 Å². The van der Waals surface area contributed by atoms with Gasteiger partial charge in [-0.2, -0.15) is 11.8 Å². The van der Waals surface area contributed by atoms with E-state index in [1.54, 1.807) is 0 Å². The molecule has 0 saturated carbocycles. The smallest absolute Gasteiger partial charge is 0.0602 e. The van der Waals surface area contributed by atoms with E-state index in [-0.39, 0.29) is 0 Å². The van der Waals surface area contributed by atoms with Crippen LogP contribution in [-0.2, 0) is 0 Å². The molecule has 1 aromatic carbocycles. The minimum Gasteiger partial charge on any atom is -0.382 e. The quantitative estimate of drug-likeness (QED) is 0.789. The number of nitrogens with zero attached hydrogens (tertiary/aromatic N) is 1. The molecule has 0 aromatic heterocycles. The highest BCUT2D eigenvalue weighted by Gasteiger charge is 2.14. The molecule has 1 heterocycles. The van der Waals surface area contributed by atoms with Gasteiger partial charge in [0.25, 0.3) is 0 Å². The summed E-state index contributed by atoms with van der Waals surface area (Å²) in [4.78, 5) is 2.48. The standard InChI is InChI=1S/C12H18N2S/c1-2-15-10-9-14-8-7-13-11-5-3-4-6-12(11)14/h3-6,13H,2,7-10H2,1H3. The molecule has 0 bridgehead atoms. The first-order chi connectivity index (χ1) is 7.42. The molecular formula is C12H18N2S. The number of hydrogen-bond donors (Lipinski definition) is 1. The number of nitrogens with one attached hydrogen (secondary N) is 1. The van der Waals surface area contributed by atoms with E-state index in [9.17, 15) is 0 Å². The lowest BCUT2D eigenvalue weighted by Gasteiger charge is -2.31. The van der Waals surface area contributed by atoms with Crippen molar-refractivity contribution in [2.75, 3.05) is 41.4 Å². The Morgan fingerprint density at radius 2 is 2.27 bits per heavy atom. The molecule has 2 rings (SSSR count). The summed E-state index contributed by atoms with van der Waals surface area (Å²) in [5, 5.41) is 3.43. The largest absolute Gasteiger partial charge is 0.382 e. The lowest BCUT2D eigenvalue weighted by atomic mass is 10.2. The molecule has 0 amide bonds. The predicted octanol–water partition coefficient (Wildman–Crippen LogP) is 2.67. The van der Waals surface area contributed by atoms with Crippen LogP contribution in [0.2, 0.25) is 0 Å². The van der Waals surface area contributed by atoms with Gasteiger partial charge >= 0.3 is 0 Å².